The monoisotopic (exact) mass is 321 g/mol. The Kier molecular flexibility index (Phi) is 4.02. The molecule has 6 nitrogen and oxygen atoms in total. The molecule has 1 aliphatic rings. The van der Waals surface area contributed by atoms with Crippen LogP contribution in [-0.4, -0.2) is 16.5 Å². The maximum atomic E-state index is 10.8. The summed E-state index contributed by atoms with van der Waals surface area (Å²) in [6.45, 7) is 3.00. The molecule has 1 aliphatic heterocycles. The Morgan fingerprint density at radius 2 is 2.36 bits per heavy atom. The fourth-order valence-corrected chi connectivity index (χ4v) is 3.15. The zero-order chi connectivity index (χ0) is 15.7. The van der Waals surface area contributed by atoms with E-state index in [0.29, 0.717) is 16.8 Å². The number of hydrogen-bond acceptors (Lipinski definition) is 5. The highest BCUT2D eigenvalue weighted by atomic mass is 35.5. The molecule has 3 rings (SSSR count). The van der Waals surface area contributed by atoms with Crippen LogP contribution in [0.15, 0.2) is 35.1 Å². The standard InChI is InChI=1S/C15H16ClN3O3/c1-10-4-5-18(13(7-10)14-3-2-6-22-14)15-12(16)8-11(9-17-15)19(20)21/h2-3,6,8-10,13H,4-5,7H2,1H3/t10-,13+/m1/s1. The average molecular weight is 322 g/mol. The van der Waals surface area contributed by atoms with Crippen LogP contribution < -0.4 is 4.90 Å². The number of aromatic nitrogens is 1. The van der Waals surface area contributed by atoms with E-state index in [1.54, 1.807) is 6.26 Å². The van der Waals surface area contributed by atoms with Crippen LogP contribution in [0.25, 0.3) is 0 Å². The van der Waals surface area contributed by atoms with Gasteiger partial charge in [-0.05, 0) is 30.9 Å². The quantitative estimate of drug-likeness (QED) is 0.625. The fraction of sp³-hybridized carbons (Fsp3) is 0.400. The van der Waals surface area contributed by atoms with E-state index in [9.17, 15) is 10.1 Å². The molecule has 0 radical (unpaired) electrons. The van der Waals surface area contributed by atoms with E-state index in [0.717, 1.165) is 25.1 Å². The summed E-state index contributed by atoms with van der Waals surface area (Å²) in [4.78, 5) is 16.6. The minimum atomic E-state index is -0.495. The zero-order valence-corrected chi connectivity index (χ0v) is 12.9. The topological polar surface area (TPSA) is 72.4 Å². The Morgan fingerprint density at radius 3 is 3.00 bits per heavy atom. The molecule has 2 atom stereocenters. The summed E-state index contributed by atoms with van der Waals surface area (Å²) in [7, 11) is 0. The molecular formula is C15H16ClN3O3. The third-order valence-electron chi connectivity index (χ3n) is 4.03. The van der Waals surface area contributed by atoms with Crippen LogP contribution in [0, 0.1) is 16.0 Å². The van der Waals surface area contributed by atoms with E-state index in [2.05, 4.69) is 16.8 Å². The van der Waals surface area contributed by atoms with Crippen molar-refractivity contribution in [3.05, 3.63) is 51.6 Å². The predicted molar refractivity (Wildman–Crippen MR) is 83.1 cm³/mol. The van der Waals surface area contributed by atoms with Crippen molar-refractivity contribution < 1.29 is 9.34 Å². The van der Waals surface area contributed by atoms with Crippen LogP contribution in [0.1, 0.15) is 31.6 Å². The molecule has 7 heteroatoms. The van der Waals surface area contributed by atoms with Gasteiger partial charge in [0.2, 0.25) is 0 Å². The van der Waals surface area contributed by atoms with E-state index >= 15 is 0 Å². The number of furan rings is 1. The molecule has 0 saturated carbocycles. The second kappa shape index (κ2) is 5.96. The second-order valence-corrected chi connectivity index (χ2v) is 6.02. The van der Waals surface area contributed by atoms with Gasteiger partial charge in [-0.1, -0.05) is 18.5 Å². The van der Waals surface area contributed by atoms with Crippen molar-refractivity contribution in [3.8, 4) is 0 Å². The first-order chi connectivity index (χ1) is 10.6. The van der Waals surface area contributed by atoms with Gasteiger partial charge >= 0.3 is 0 Å². The van der Waals surface area contributed by atoms with E-state index in [4.69, 9.17) is 16.0 Å². The van der Waals surface area contributed by atoms with Gasteiger partial charge in [0.25, 0.3) is 5.69 Å². The van der Waals surface area contributed by atoms with Gasteiger partial charge in [-0.15, -0.1) is 0 Å². The van der Waals surface area contributed by atoms with Crippen molar-refractivity contribution in [3.63, 3.8) is 0 Å². The maximum Gasteiger partial charge on any atom is 0.289 e. The summed E-state index contributed by atoms with van der Waals surface area (Å²) in [5.41, 5.74) is -0.103. The molecule has 0 aliphatic carbocycles. The molecule has 0 spiro atoms. The minimum Gasteiger partial charge on any atom is -0.467 e. The first-order valence-corrected chi connectivity index (χ1v) is 7.54. The highest BCUT2D eigenvalue weighted by Gasteiger charge is 2.32. The number of nitro groups is 1. The summed E-state index contributed by atoms with van der Waals surface area (Å²) < 4.78 is 5.55. The van der Waals surface area contributed by atoms with Crippen LogP contribution in [0.3, 0.4) is 0 Å². The van der Waals surface area contributed by atoms with Gasteiger partial charge in [-0.2, -0.15) is 0 Å². The minimum absolute atomic E-state index is 0.0465. The van der Waals surface area contributed by atoms with Gasteiger partial charge in [0.05, 0.1) is 22.3 Å². The number of halogens is 1. The highest BCUT2D eigenvalue weighted by Crippen LogP contribution is 2.39. The lowest BCUT2D eigenvalue weighted by molar-refractivity contribution is -0.385. The zero-order valence-electron chi connectivity index (χ0n) is 12.1. The van der Waals surface area contributed by atoms with Crippen molar-refractivity contribution in [1.29, 1.82) is 0 Å². The van der Waals surface area contributed by atoms with Crippen LogP contribution in [0.2, 0.25) is 5.02 Å². The lowest BCUT2D eigenvalue weighted by Gasteiger charge is -2.38. The lowest BCUT2D eigenvalue weighted by Crippen LogP contribution is -2.36. The molecule has 2 aromatic rings. The van der Waals surface area contributed by atoms with Crippen molar-refractivity contribution in [2.24, 2.45) is 5.92 Å². The van der Waals surface area contributed by atoms with E-state index < -0.39 is 4.92 Å². The van der Waals surface area contributed by atoms with Crippen molar-refractivity contribution in [1.82, 2.24) is 4.98 Å². The van der Waals surface area contributed by atoms with Crippen molar-refractivity contribution in [2.75, 3.05) is 11.4 Å². The highest BCUT2D eigenvalue weighted by molar-refractivity contribution is 6.33. The summed E-state index contributed by atoms with van der Waals surface area (Å²) in [6, 6.07) is 5.19. The molecule has 0 aromatic carbocycles. The second-order valence-electron chi connectivity index (χ2n) is 5.61. The Hall–Kier alpha value is -2.08. The predicted octanol–water partition coefficient (Wildman–Crippen LogP) is 4.21. The number of pyridine rings is 1. The SMILES string of the molecule is C[C@@H]1CCN(c2ncc([N+](=O)[O-])cc2Cl)[C@H](c2ccco2)C1. The lowest BCUT2D eigenvalue weighted by atomic mass is 9.91. The van der Waals surface area contributed by atoms with Crippen LogP contribution in [0.5, 0.6) is 0 Å². The molecule has 0 amide bonds. The van der Waals surface area contributed by atoms with Crippen LogP contribution in [-0.2, 0) is 0 Å². The number of nitrogens with zero attached hydrogens (tertiary/aromatic N) is 3. The Morgan fingerprint density at radius 1 is 1.55 bits per heavy atom. The molecular weight excluding hydrogens is 306 g/mol. The van der Waals surface area contributed by atoms with E-state index in [-0.39, 0.29) is 11.7 Å². The van der Waals surface area contributed by atoms with E-state index in [1.165, 1.54) is 12.3 Å². The summed E-state index contributed by atoms with van der Waals surface area (Å²) >= 11 is 6.23. The molecule has 0 N–H and O–H groups in total. The summed E-state index contributed by atoms with van der Waals surface area (Å²) in [5.74, 6) is 2.01. The summed E-state index contributed by atoms with van der Waals surface area (Å²) in [6.07, 6.45) is 4.85. The molecule has 0 bridgehead atoms. The molecule has 116 valence electrons. The Labute approximate surface area is 132 Å². The number of rotatable bonds is 3. The molecule has 1 fully saturated rings. The first-order valence-electron chi connectivity index (χ1n) is 7.16. The van der Waals surface area contributed by atoms with Crippen molar-refractivity contribution >= 4 is 23.1 Å². The first kappa shape index (κ1) is 14.8. The number of piperidine rings is 1. The van der Waals surface area contributed by atoms with Crippen LogP contribution >= 0.6 is 11.6 Å². The smallest absolute Gasteiger partial charge is 0.289 e. The van der Waals surface area contributed by atoms with E-state index in [1.807, 2.05) is 12.1 Å². The largest absolute Gasteiger partial charge is 0.467 e. The Bertz CT molecular complexity index is 675. The third-order valence-corrected chi connectivity index (χ3v) is 4.30. The van der Waals surface area contributed by atoms with Crippen LogP contribution in [0.4, 0.5) is 11.5 Å². The molecule has 22 heavy (non-hydrogen) atoms. The van der Waals surface area contributed by atoms with Crippen molar-refractivity contribution in [2.45, 2.75) is 25.8 Å². The third kappa shape index (κ3) is 2.78. The number of anilines is 1. The van der Waals surface area contributed by atoms with Gasteiger partial charge in [-0.3, -0.25) is 10.1 Å². The maximum absolute atomic E-state index is 10.8. The van der Waals surface area contributed by atoms with Gasteiger partial charge in [-0.25, -0.2) is 4.98 Å². The number of hydrogen-bond donors (Lipinski definition) is 0. The molecule has 2 aromatic heterocycles. The van der Waals surface area contributed by atoms with Gasteiger partial charge < -0.3 is 9.32 Å². The van der Waals surface area contributed by atoms with Gasteiger partial charge in [0.15, 0.2) is 0 Å². The normalized spacial score (nSPS) is 21.8. The Balaban J connectivity index is 1.96. The molecule has 0 unspecified atom stereocenters. The van der Waals surface area contributed by atoms with Gasteiger partial charge in [0, 0.05) is 12.6 Å². The van der Waals surface area contributed by atoms with Gasteiger partial charge in [0.1, 0.15) is 17.8 Å². The average Bonchev–Trinajstić information content (AvgIpc) is 3.01. The summed E-state index contributed by atoms with van der Waals surface area (Å²) in [5, 5.41) is 11.1. The fourth-order valence-electron chi connectivity index (χ4n) is 2.88. The molecule has 1 saturated heterocycles. The molecule has 3 heterocycles.